The zero-order valence-electron chi connectivity index (χ0n) is 3.38. The van der Waals surface area contributed by atoms with E-state index >= 15 is 0 Å². The molecule has 0 fully saturated rings. The molecule has 0 aliphatic heterocycles. The van der Waals surface area contributed by atoms with E-state index in [2.05, 4.69) is 0 Å². The fourth-order valence-electron chi connectivity index (χ4n) is 0. The van der Waals surface area contributed by atoms with Crippen LogP contribution in [0.15, 0.2) is 0 Å². The van der Waals surface area contributed by atoms with Crippen molar-refractivity contribution in [3.63, 3.8) is 0 Å². The van der Waals surface area contributed by atoms with Crippen molar-refractivity contribution in [3.05, 3.63) is 0 Å². The van der Waals surface area contributed by atoms with E-state index in [1.165, 1.54) is 0 Å². The van der Waals surface area contributed by atoms with Crippen molar-refractivity contribution in [1.29, 1.82) is 0 Å². The summed E-state index contributed by atoms with van der Waals surface area (Å²) in [6.45, 7) is 0. The van der Waals surface area contributed by atoms with Gasteiger partial charge in [0.2, 0.25) is 0 Å². The molecule has 0 aromatic heterocycles. The first-order valence-corrected chi connectivity index (χ1v) is 0. The Morgan fingerprint density at radius 2 is 0.375 bits per heavy atom. The van der Waals surface area contributed by atoms with E-state index in [1.54, 1.807) is 0 Å². The summed E-state index contributed by atoms with van der Waals surface area (Å²) in [6, 6.07) is 0. The predicted molar refractivity (Wildman–Crippen MR) is 28.8 cm³/mol. The molecule has 8 heteroatoms. The van der Waals surface area contributed by atoms with Gasteiger partial charge in [-0.2, -0.15) is 0 Å². The van der Waals surface area contributed by atoms with Gasteiger partial charge in [0.15, 0.2) is 0 Å². The van der Waals surface area contributed by atoms with Gasteiger partial charge in [-0.3, -0.25) is 0 Å². The first kappa shape index (κ1) is 389. The molecule has 0 heterocycles. The third kappa shape index (κ3) is 175. The summed E-state index contributed by atoms with van der Waals surface area (Å²) in [5.74, 6) is 0. The van der Waals surface area contributed by atoms with Crippen LogP contribution in [0.1, 0.15) is 0 Å². The number of hydrogen-bond acceptors (Lipinski definition) is 0. The third-order valence-corrected chi connectivity index (χ3v) is 0. The Hall–Kier alpha value is 1.28. The van der Waals surface area contributed by atoms with Gasteiger partial charge in [-0.25, -0.2) is 0 Å². The number of rotatable bonds is 0. The van der Waals surface area contributed by atoms with Gasteiger partial charge in [-0.1, -0.05) is 0 Å². The van der Waals surface area contributed by atoms with E-state index < -0.39 is 0 Å². The molecule has 0 saturated carbocycles. The predicted octanol–water partition coefficient (Wildman–Crippen LogP) is -5.60. The fourth-order valence-corrected chi connectivity index (χ4v) is 0. The van der Waals surface area contributed by atoms with Crippen LogP contribution in [0.5, 0.6) is 0 Å². The summed E-state index contributed by atoms with van der Waals surface area (Å²) in [6.07, 6.45) is 0. The van der Waals surface area contributed by atoms with Crippen LogP contribution in [0, 0.1) is 0 Å². The molecule has 0 saturated heterocycles. The second-order valence-electron chi connectivity index (χ2n) is 0. The molecular weight excluding hydrogens is 174 g/mol. The normalized spacial score (nSPS) is 0. The maximum absolute atomic E-state index is 0. The van der Waals surface area contributed by atoms with Crippen molar-refractivity contribution in [2.45, 2.75) is 0 Å². The molecule has 0 unspecified atom stereocenters. The van der Waals surface area contributed by atoms with Gasteiger partial charge in [0.25, 0.3) is 0 Å². The Labute approximate surface area is 79.3 Å². The molecule has 12 N–H and O–H groups in total. The van der Waals surface area contributed by atoms with E-state index in [1.807, 2.05) is 0 Å². The fraction of sp³-hybridized carbons (Fsp3) is 0. The molecule has 0 amide bonds. The number of hydrogen-bond donors (Lipinski definition) is 0. The van der Waals surface area contributed by atoms with Crippen LogP contribution in [0.3, 0.4) is 0 Å². The zero-order chi connectivity index (χ0) is 0. The van der Waals surface area contributed by atoms with Gasteiger partial charge < -0.3 is 32.9 Å². The van der Waals surface area contributed by atoms with Crippen LogP contribution in [0.25, 0.3) is 0 Å². The minimum atomic E-state index is 0. The quantitative estimate of drug-likeness (QED) is 0.327. The molecule has 8 heavy (non-hydrogen) atoms. The summed E-state index contributed by atoms with van der Waals surface area (Å²) < 4.78 is 0. The minimum absolute atomic E-state index is 0. The summed E-state index contributed by atoms with van der Waals surface area (Å²) in [7, 11) is 0. The summed E-state index contributed by atoms with van der Waals surface area (Å²) in [4.78, 5) is 0. The van der Waals surface area contributed by atoms with Crippen LogP contribution in [0.4, 0.5) is 0 Å². The second kappa shape index (κ2) is 268. The van der Waals surface area contributed by atoms with Crippen molar-refractivity contribution in [3.8, 4) is 0 Å². The van der Waals surface area contributed by atoms with Gasteiger partial charge in [-0.05, 0) is 0 Å². The molecule has 57 valence electrons. The first-order chi connectivity index (χ1) is 0. The Morgan fingerprint density at radius 1 is 0.375 bits per heavy atom. The zero-order valence-corrected chi connectivity index (χ0v) is 4.56. The first-order valence-electron chi connectivity index (χ1n) is 0. The van der Waals surface area contributed by atoms with Crippen LogP contribution < -0.4 is 0 Å². The molecule has 0 spiro atoms. The molecule has 0 rings (SSSR count). The molecule has 0 aromatic rings. The maximum atomic E-state index is 0. The molecule has 6 nitrogen and oxygen atoms in total. The van der Waals surface area contributed by atoms with E-state index in [-0.39, 0.29) is 79.5 Å². The van der Waals surface area contributed by atoms with Crippen LogP contribution >= 0.6 is 0 Å². The monoisotopic (exact) mass is 187 g/mol. The van der Waals surface area contributed by atoms with Gasteiger partial charge in [0.1, 0.15) is 0 Å². The topological polar surface area (TPSA) is 189 Å². The SMILES string of the molecule is O.O.O.O.O.O.[Mn].[NaH]. The van der Waals surface area contributed by atoms with Gasteiger partial charge >= 0.3 is 29.6 Å². The van der Waals surface area contributed by atoms with Crippen LogP contribution in [-0.2, 0) is 17.1 Å². The van der Waals surface area contributed by atoms with Crippen molar-refractivity contribution < 1.29 is 49.9 Å². The Morgan fingerprint density at radius 3 is 0.375 bits per heavy atom. The van der Waals surface area contributed by atoms with Gasteiger partial charge in [0.05, 0.1) is 0 Å². The van der Waals surface area contributed by atoms with E-state index in [4.69, 9.17) is 0 Å². The van der Waals surface area contributed by atoms with Gasteiger partial charge in [-0.15, -0.1) is 0 Å². The van der Waals surface area contributed by atoms with Crippen molar-refractivity contribution >= 4 is 29.6 Å². The molecule has 1 radical (unpaired) electrons. The summed E-state index contributed by atoms with van der Waals surface area (Å²) in [5, 5.41) is 0. The van der Waals surface area contributed by atoms with Crippen LogP contribution in [-0.4, -0.2) is 62.4 Å². The van der Waals surface area contributed by atoms with E-state index in [0.717, 1.165) is 0 Å². The molecule has 0 aliphatic rings. The van der Waals surface area contributed by atoms with Gasteiger partial charge in [0, 0.05) is 17.1 Å². The molecule has 0 aromatic carbocycles. The standard InChI is InChI=1S/Mn.Na.6H2O.H/h;;6*1H2;. The molecule has 0 bridgehead atoms. The van der Waals surface area contributed by atoms with Crippen LogP contribution in [0.2, 0.25) is 0 Å². The third-order valence-electron chi connectivity index (χ3n) is 0. The Balaban J connectivity index is 0. The van der Waals surface area contributed by atoms with E-state index in [0.29, 0.717) is 0 Å². The van der Waals surface area contributed by atoms with E-state index in [9.17, 15) is 0 Å². The molecule has 0 atom stereocenters. The average molecular weight is 187 g/mol. The van der Waals surface area contributed by atoms with Crippen molar-refractivity contribution in [2.24, 2.45) is 0 Å². The average Bonchev–Trinajstić information content (AvgIpc) is 0. The summed E-state index contributed by atoms with van der Waals surface area (Å²) in [5.41, 5.74) is 0. The molecular formula is H13MnNaO6. The Bertz CT molecular complexity index is 8.49. The van der Waals surface area contributed by atoms with Crippen molar-refractivity contribution in [1.82, 2.24) is 0 Å². The molecule has 0 aliphatic carbocycles. The second-order valence-corrected chi connectivity index (χ2v) is 0. The summed E-state index contributed by atoms with van der Waals surface area (Å²) >= 11 is 0. The Kier molecular flexibility index (Phi) is 13000. The van der Waals surface area contributed by atoms with Crippen molar-refractivity contribution in [2.75, 3.05) is 0 Å².